The molecule has 0 fully saturated rings. The first kappa shape index (κ1) is 25.9. The fraction of sp³-hybridized carbons (Fsp3) is 0.333. The summed E-state index contributed by atoms with van der Waals surface area (Å²) >= 11 is 0. The van der Waals surface area contributed by atoms with E-state index in [1.165, 1.54) is 36.5 Å². The molecule has 0 aliphatic heterocycles. The minimum atomic E-state index is -4.36. The maximum Gasteiger partial charge on any atom is 0.348 e. The van der Waals surface area contributed by atoms with Gasteiger partial charge in [-0.3, -0.25) is 4.79 Å². The molecule has 2 aromatic heterocycles. The summed E-state index contributed by atoms with van der Waals surface area (Å²) in [5.41, 5.74) is -0.729. The number of H-pyrrole nitrogens is 1. The number of nitrogens with zero attached hydrogens (tertiary/aromatic N) is 2. The second-order valence-corrected chi connectivity index (χ2v) is 9.27. The van der Waals surface area contributed by atoms with Gasteiger partial charge in [0.15, 0.2) is 0 Å². The van der Waals surface area contributed by atoms with Crippen molar-refractivity contribution in [2.24, 2.45) is 0 Å². The number of benzene rings is 1. The maximum atomic E-state index is 12.9. The quantitative estimate of drug-likeness (QED) is 0.165. The zero-order valence-electron chi connectivity index (χ0n) is 19.1. The third-order valence-corrected chi connectivity index (χ3v) is 6.43. The highest BCUT2D eigenvalue weighted by Crippen LogP contribution is 2.14. The van der Waals surface area contributed by atoms with Crippen LogP contribution in [0, 0.1) is 13.8 Å². The lowest BCUT2D eigenvalue weighted by atomic mass is 10.2. The van der Waals surface area contributed by atoms with E-state index in [-0.39, 0.29) is 17.3 Å². The zero-order valence-corrected chi connectivity index (χ0v) is 19.9. The van der Waals surface area contributed by atoms with Crippen molar-refractivity contribution in [2.45, 2.75) is 30.8 Å². The van der Waals surface area contributed by atoms with Crippen LogP contribution >= 0.6 is 0 Å². The molecule has 2 heterocycles. The van der Waals surface area contributed by atoms with Crippen molar-refractivity contribution in [1.29, 1.82) is 0 Å². The molecule has 5 N–H and O–H groups in total. The standard InChI is InChI=1S/C21H26N6O7S/c1-14-15(2)25-20(24-14)22-10-6-12-33-13-21(19(29)30,26-18(28)17-9-11-23-34-17)27-35(31,32)16-7-4-3-5-8-16/h3-5,7-9,11,27H,6,10,12-13H2,1-2H3,(H,26,28)(H,29,30)(H2,22,24,25). The van der Waals surface area contributed by atoms with E-state index in [0.29, 0.717) is 18.9 Å². The molecule has 0 bridgehead atoms. The van der Waals surface area contributed by atoms with Gasteiger partial charge in [0, 0.05) is 24.9 Å². The highest BCUT2D eigenvalue weighted by atomic mass is 32.2. The van der Waals surface area contributed by atoms with E-state index in [0.717, 1.165) is 11.4 Å². The van der Waals surface area contributed by atoms with Gasteiger partial charge >= 0.3 is 5.97 Å². The number of rotatable bonds is 13. The molecule has 0 radical (unpaired) electrons. The van der Waals surface area contributed by atoms with E-state index in [4.69, 9.17) is 9.26 Å². The van der Waals surface area contributed by atoms with Gasteiger partial charge < -0.3 is 30.0 Å². The lowest BCUT2D eigenvalue weighted by Crippen LogP contribution is -2.68. The number of imidazole rings is 1. The van der Waals surface area contributed by atoms with Gasteiger partial charge in [-0.1, -0.05) is 23.4 Å². The molecule has 1 aromatic carbocycles. The predicted molar refractivity (Wildman–Crippen MR) is 123 cm³/mol. The van der Waals surface area contributed by atoms with Crippen molar-refractivity contribution in [3.8, 4) is 0 Å². The number of amides is 1. The molecule has 1 amide bonds. The Balaban J connectivity index is 1.70. The number of aliphatic carboxylic acids is 1. The highest BCUT2D eigenvalue weighted by Gasteiger charge is 2.45. The number of hydrogen-bond donors (Lipinski definition) is 5. The average molecular weight is 507 g/mol. The van der Waals surface area contributed by atoms with Crippen LogP contribution < -0.4 is 15.4 Å². The van der Waals surface area contributed by atoms with Gasteiger partial charge in [0.2, 0.25) is 27.4 Å². The molecule has 0 saturated heterocycles. The first-order valence-corrected chi connectivity index (χ1v) is 12.0. The Labute approximate surface area is 201 Å². The number of ether oxygens (including phenoxy) is 1. The average Bonchev–Trinajstić information content (AvgIpc) is 3.46. The van der Waals surface area contributed by atoms with Crippen LogP contribution in [0.5, 0.6) is 0 Å². The molecule has 188 valence electrons. The second kappa shape index (κ2) is 11.1. The van der Waals surface area contributed by atoms with Crippen LogP contribution in [0.2, 0.25) is 0 Å². The molecule has 0 aliphatic carbocycles. The number of aromatic nitrogens is 3. The number of carbonyl (C=O) groups excluding carboxylic acids is 1. The van der Waals surface area contributed by atoms with Crippen molar-refractivity contribution in [3.05, 3.63) is 59.7 Å². The number of carbonyl (C=O) groups is 2. The van der Waals surface area contributed by atoms with Crippen molar-refractivity contribution < 1.29 is 32.4 Å². The lowest BCUT2D eigenvalue weighted by molar-refractivity contribution is -0.148. The Bertz CT molecular complexity index is 1220. The lowest BCUT2D eigenvalue weighted by Gasteiger charge is -2.30. The fourth-order valence-electron chi connectivity index (χ4n) is 2.96. The third-order valence-electron chi connectivity index (χ3n) is 4.92. The number of carboxylic acid groups (broad SMARTS) is 1. The Kier molecular flexibility index (Phi) is 8.22. The van der Waals surface area contributed by atoms with E-state index < -0.39 is 34.2 Å². The Morgan fingerprint density at radius 2 is 1.94 bits per heavy atom. The monoisotopic (exact) mass is 506 g/mol. The molecule has 35 heavy (non-hydrogen) atoms. The van der Waals surface area contributed by atoms with Crippen LogP contribution in [0.25, 0.3) is 0 Å². The summed E-state index contributed by atoms with van der Waals surface area (Å²) in [5.74, 6) is -2.38. The number of aryl methyl sites for hydroxylation is 2. The van der Waals surface area contributed by atoms with E-state index in [1.54, 1.807) is 6.07 Å². The molecular weight excluding hydrogens is 480 g/mol. The van der Waals surface area contributed by atoms with E-state index in [9.17, 15) is 23.1 Å². The van der Waals surface area contributed by atoms with Crippen LogP contribution in [-0.2, 0) is 19.6 Å². The highest BCUT2D eigenvalue weighted by molar-refractivity contribution is 7.89. The number of hydrogen-bond acceptors (Lipinski definition) is 9. The van der Waals surface area contributed by atoms with E-state index in [1.807, 2.05) is 13.8 Å². The van der Waals surface area contributed by atoms with Gasteiger partial charge in [-0.25, -0.2) is 18.2 Å². The summed E-state index contributed by atoms with van der Waals surface area (Å²) in [6.07, 6.45) is 1.63. The molecule has 3 aromatic rings. The van der Waals surface area contributed by atoms with Crippen LogP contribution in [-0.4, -0.2) is 65.9 Å². The number of anilines is 1. The summed E-state index contributed by atoms with van der Waals surface area (Å²) in [6.45, 7) is 3.58. The van der Waals surface area contributed by atoms with Gasteiger partial charge in [-0.05, 0) is 32.4 Å². The third kappa shape index (κ3) is 6.65. The minimum Gasteiger partial charge on any atom is -0.478 e. The summed E-state index contributed by atoms with van der Waals surface area (Å²) in [5, 5.41) is 18.6. The predicted octanol–water partition coefficient (Wildman–Crippen LogP) is 1.02. The number of carboxylic acids is 1. The smallest absolute Gasteiger partial charge is 0.348 e. The molecule has 14 heteroatoms. The largest absolute Gasteiger partial charge is 0.478 e. The molecule has 13 nitrogen and oxygen atoms in total. The van der Waals surface area contributed by atoms with Crippen molar-refractivity contribution in [2.75, 3.05) is 25.1 Å². The zero-order chi connectivity index (χ0) is 25.5. The molecule has 0 saturated carbocycles. The van der Waals surface area contributed by atoms with Gasteiger partial charge in [0.25, 0.3) is 5.91 Å². The van der Waals surface area contributed by atoms with Gasteiger partial charge in [0.1, 0.15) is 0 Å². The second-order valence-electron chi connectivity index (χ2n) is 7.59. The van der Waals surface area contributed by atoms with Gasteiger partial charge in [-0.2, -0.15) is 4.72 Å². The van der Waals surface area contributed by atoms with E-state index in [2.05, 4.69) is 30.5 Å². The van der Waals surface area contributed by atoms with Crippen LogP contribution in [0.4, 0.5) is 5.95 Å². The Hall–Kier alpha value is -3.75. The number of nitrogens with one attached hydrogen (secondary N) is 4. The van der Waals surface area contributed by atoms with E-state index >= 15 is 0 Å². The van der Waals surface area contributed by atoms with Gasteiger partial charge in [0.05, 0.1) is 23.4 Å². The molecular formula is C21H26N6O7S. The summed E-state index contributed by atoms with van der Waals surface area (Å²) in [6, 6.07) is 8.36. The topological polar surface area (TPSA) is 189 Å². The Morgan fingerprint density at radius 3 is 2.54 bits per heavy atom. The van der Waals surface area contributed by atoms with Gasteiger partial charge in [-0.15, -0.1) is 0 Å². The first-order chi connectivity index (χ1) is 16.6. The summed E-state index contributed by atoms with van der Waals surface area (Å²) in [7, 11) is -4.36. The normalized spacial score (nSPS) is 13.2. The molecule has 0 spiro atoms. The van der Waals surface area contributed by atoms with Crippen molar-refractivity contribution in [1.82, 2.24) is 25.2 Å². The Morgan fingerprint density at radius 1 is 1.20 bits per heavy atom. The maximum absolute atomic E-state index is 12.9. The number of aromatic amines is 1. The minimum absolute atomic E-state index is 0.0615. The summed E-state index contributed by atoms with van der Waals surface area (Å²) in [4.78, 5) is 32.0. The first-order valence-electron chi connectivity index (χ1n) is 10.5. The van der Waals surface area contributed by atoms with Crippen LogP contribution in [0.3, 0.4) is 0 Å². The molecule has 3 rings (SSSR count). The van der Waals surface area contributed by atoms with Crippen molar-refractivity contribution >= 4 is 27.8 Å². The fourth-order valence-corrected chi connectivity index (χ4v) is 4.25. The summed E-state index contributed by atoms with van der Waals surface area (Å²) < 4.78 is 38.1. The SMILES string of the molecule is Cc1nc(NCCCOCC(NC(=O)c2ccno2)(NS(=O)(=O)c2ccccc2)C(=O)O)[nH]c1C. The van der Waals surface area contributed by atoms with Crippen LogP contribution in [0.1, 0.15) is 28.4 Å². The molecule has 1 unspecified atom stereocenters. The van der Waals surface area contributed by atoms with Crippen molar-refractivity contribution in [3.63, 3.8) is 0 Å². The number of sulfonamides is 1. The molecule has 0 aliphatic rings. The molecule has 1 atom stereocenters. The van der Waals surface area contributed by atoms with Crippen LogP contribution in [0.15, 0.2) is 52.0 Å².